The van der Waals surface area contributed by atoms with E-state index in [-0.39, 0.29) is 11.9 Å². The van der Waals surface area contributed by atoms with Gasteiger partial charge in [-0.25, -0.2) is 0 Å². The first-order chi connectivity index (χ1) is 11.3. The molecule has 0 aliphatic heterocycles. The van der Waals surface area contributed by atoms with Gasteiger partial charge in [0.15, 0.2) is 0 Å². The molecule has 0 aromatic heterocycles. The van der Waals surface area contributed by atoms with Crippen molar-refractivity contribution in [3.63, 3.8) is 0 Å². The third-order valence-electron chi connectivity index (χ3n) is 4.20. The molecule has 0 amide bonds. The number of likely N-dealkylation sites (N-methyl/N-ethyl adjacent to an activating group) is 1. The maximum absolute atomic E-state index is 12.7. The minimum absolute atomic E-state index is 0.172. The molecule has 0 aliphatic carbocycles. The number of carbonyl (C=O) groups excluding carboxylic acids is 1. The second-order valence-corrected chi connectivity index (χ2v) is 5.63. The Balaban J connectivity index is 2.10. The van der Waals surface area contributed by atoms with Crippen LogP contribution in [-0.2, 0) is 9.53 Å². The molecule has 0 fully saturated rings. The molecule has 3 nitrogen and oxygen atoms in total. The van der Waals surface area contributed by atoms with Gasteiger partial charge in [-0.2, -0.15) is 0 Å². The molecule has 23 heavy (non-hydrogen) atoms. The predicted octanol–water partition coefficient (Wildman–Crippen LogP) is 2.29. The summed E-state index contributed by atoms with van der Waals surface area (Å²) in [5.41, 5.74) is 1.94. The summed E-state index contributed by atoms with van der Waals surface area (Å²) in [6, 6.07) is 19.7. The minimum Gasteiger partial charge on any atom is -0.459 e. The van der Waals surface area contributed by atoms with E-state index in [1.54, 1.807) is 0 Å². The van der Waals surface area contributed by atoms with Gasteiger partial charge in [0.1, 0.15) is 19.1 Å². The fourth-order valence-electron chi connectivity index (χ4n) is 2.74. The highest BCUT2D eigenvalue weighted by Gasteiger charge is 2.24. The molecule has 0 radical (unpaired) electrons. The molecule has 2 aromatic carbocycles. The molecule has 3 heteroatoms. The van der Waals surface area contributed by atoms with Crippen LogP contribution in [0.5, 0.6) is 0 Å². The first-order valence-electron chi connectivity index (χ1n) is 8.36. The first-order valence-corrected chi connectivity index (χ1v) is 8.36. The summed E-state index contributed by atoms with van der Waals surface area (Å²) in [4.78, 5) is 14.1. The Hall–Kier alpha value is -2.13. The van der Waals surface area contributed by atoms with Gasteiger partial charge in [0.05, 0.1) is 13.1 Å². The number of nitrogens with one attached hydrogen (secondary N) is 1. The lowest BCUT2D eigenvalue weighted by Gasteiger charge is -2.19. The standard InChI is InChI=1S/C20H25NO2/c1-3-21(4-2)15-16-23-20(22)19(17-11-7-5-8-12-17)18-13-9-6-10-14-18/h5-14,19H,3-4,15-16H2,1-2H3/p+1. The van der Waals surface area contributed by atoms with Crippen LogP contribution in [0, 0.1) is 0 Å². The minimum atomic E-state index is -0.357. The third kappa shape index (κ3) is 4.93. The molecule has 122 valence electrons. The molecule has 0 saturated heterocycles. The van der Waals surface area contributed by atoms with Gasteiger partial charge in [-0.15, -0.1) is 0 Å². The second-order valence-electron chi connectivity index (χ2n) is 5.63. The Morgan fingerprint density at radius 3 is 1.83 bits per heavy atom. The Bertz CT molecular complexity index is 540. The lowest BCUT2D eigenvalue weighted by atomic mass is 9.91. The van der Waals surface area contributed by atoms with E-state index in [1.165, 1.54) is 4.90 Å². The van der Waals surface area contributed by atoms with Crippen LogP contribution in [0.3, 0.4) is 0 Å². The number of quaternary nitrogens is 1. The molecule has 0 spiro atoms. The smallest absolute Gasteiger partial charge is 0.318 e. The molecule has 0 saturated carbocycles. The van der Waals surface area contributed by atoms with Gasteiger partial charge in [-0.3, -0.25) is 4.79 Å². The van der Waals surface area contributed by atoms with Crippen molar-refractivity contribution in [1.29, 1.82) is 0 Å². The SMILES string of the molecule is CC[NH+](CC)CCOC(=O)C(c1ccccc1)c1ccccc1. The molecule has 0 atom stereocenters. The van der Waals surface area contributed by atoms with E-state index < -0.39 is 0 Å². The van der Waals surface area contributed by atoms with Crippen LogP contribution in [0.1, 0.15) is 30.9 Å². The van der Waals surface area contributed by atoms with E-state index in [1.807, 2.05) is 60.7 Å². The maximum Gasteiger partial charge on any atom is 0.318 e. The number of ether oxygens (including phenoxy) is 1. The van der Waals surface area contributed by atoms with E-state index in [9.17, 15) is 4.79 Å². The van der Waals surface area contributed by atoms with Crippen molar-refractivity contribution in [3.8, 4) is 0 Å². The van der Waals surface area contributed by atoms with Crippen LogP contribution in [0.15, 0.2) is 60.7 Å². The van der Waals surface area contributed by atoms with Crippen molar-refractivity contribution in [2.24, 2.45) is 0 Å². The van der Waals surface area contributed by atoms with Crippen molar-refractivity contribution >= 4 is 5.97 Å². The zero-order valence-electron chi connectivity index (χ0n) is 14.0. The monoisotopic (exact) mass is 312 g/mol. The van der Waals surface area contributed by atoms with Gasteiger partial charge < -0.3 is 9.64 Å². The average molecular weight is 312 g/mol. The molecule has 2 aromatic rings. The molecule has 0 bridgehead atoms. The van der Waals surface area contributed by atoms with Crippen LogP contribution >= 0.6 is 0 Å². The summed E-state index contributed by atoms with van der Waals surface area (Å²) in [7, 11) is 0. The zero-order valence-corrected chi connectivity index (χ0v) is 14.0. The Kier molecular flexibility index (Phi) is 6.82. The second kappa shape index (κ2) is 9.11. The number of benzene rings is 2. The van der Waals surface area contributed by atoms with E-state index >= 15 is 0 Å². The summed E-state index contributed by atoms with van der Waals surface area (Å²) in [6.07, 6.45) is 0. The molecule has 0 heterocycles. The van der Waals surface area contributed by atoms with Gasteiger partial charge in [-0.05, 0) is 25.0 Å². The number of hydrogen-bond acceptors (Lipinski definition) is 2. The molecule has 0 unspecified atom stereocenters. The highest BCUT2D eigenvalue weighted by atomic mass is 16.5. The van der Waals surface area contributed by atoms with Gasteiger partial charge in [0.2, 0.25) is 0 Å². The lowest BCUT2D eigenvalue weighted by molar-refractivity contribution is -0.896. The van der Waals surface area contributed by atoms with Crippen LogP contribution in [0.4, 0.5) is 0 Å². The Labute approximate surface area is 138 Å². The van der Waals surface area contributed by atoms with E-state index in [2.05, 4.69) is 13.8 Å². The van der Waals surface area contributed by atoms with Gasteiger partial charge in [0.25, 0.3) is 0 Å². The number of rotatable bonds is 8. The summed E-state index contributed by atoms with van der Waals surface area (Å²) in [5.74, 6) is -0.530. The molecular weight excluding hydrogens is 286 g/mol. The average Bonchev–Trinajstić information content (AvgIpc) is 2.61. The summed E-state index contributed by atoms with van der Waals surface area (Å²) in [5, 5.41) is 0. The fraction of sp³-hybridized carbons (Fsp3) is 0.350. The zero-order chi connectivity index (χ0) is 16.5. The fourth-order valence-corrected chi connectivity index (χ4v) is 2.74. The first kappa shape index (κ1) is 17.2. The van der Waals surface area contributed by atoms with Gasteiger partial charge >= 0.3 is 5.97 Å². The number of carbonyl (C=O) groups is 1. The van der Waals surface area contributed by atoms with Crippen LogP contribution in [-0.4, -0.2) is 32.2 Å². The molecule has 1 N–H and O–H groups in total. The third-order valence-corrected chi connectivity index (χ3v) is 4.20. The van der Waals surface area contributed by atoms with Crippen molar-refractivity contribution in [1.82, 2.24) is 0 Å². The maximum atomic E-state index is 12.7. The Morgan fingerprint density at radius 1 is 0.913 bits per heavy atom. The normalized spacial score (nSPS) is 11.0. The quantitative estimate of drug-likeness (QED) is 0.758. The summed E-state index contributed by atoms with van der Waals surface area (Å²) >= 11 is 0. The van der Waals surface area contributed by atoms with Crippen molar-refractivity contribution in [3.05, 3.63) is 71.8 Å². The van der Waals surface area contributed by atoms with Crippen molar-refractivity contribution in [2.45, 2.75) is 19.8 Å². The van der Waals surface area contributed by atoms with Crippen LogP contribution in [0.25, 0.3) is 0 Å². The molecular formula is C20H26NO2+. The van der Waals surface area contributed by atoms with E-state index in [4.69, 9.17) is 4.74 Å². The summed E-state index contributed by atoms with van der Waals surface area (Å²) < 4.78 is 5.59. The number of hydrogen-bond donors (Lipinski definition) is 1. The predicted molar refractivity (Wildman–Crippen MR) is 92.6 cm³/mol. The lowest BCUT2D eigenvalue weighted by Crippen LogP contribution is -3.11. The summed E-state index contributed by atoms with van der Waals surface area (Å²) in [6.45, 7) is 7.72. The van der Waals surface area contributed by atoms with Gasteiger partial charge in [-0.1, -0.05) is 60.7 Å². The highest BCUT2D eigenvalue weighted by molar-refractivity contribution is 5.82. The van der Waals surface area contributed by atoms with Crippen LogP contribution in [0.2, 0.25) is 0 Å². The topological polar surface area (TPSA) is 30.7 Å². The van der Waals surface area contributed by atoms with Gasteiger partial charge in [0, 0.05) is 0 Å². The Morgan fingerprint density at radius 2 is 1.39 bits per heavy atom. The number of esters is 1. The van der Waals surface area contributed by atoms with Crippen molar-refractivity contribution < 1.29 is 14.4 Å². The molecule has 0 aliphatic rings. The van der Waals surface area contributed by atoms with E-state index in [0.29, 0.717) is 6.61 Å². The van der Waals surface area contributed by atoms with E-state index in [0.717, 1.165) is 30.8 Å². The highest BCUT2D eigenvalue weighted by Crippen LogP contribution is 2.25. The largest absolute Gasteiger partial charge is 0.459 e. The molecule has 2 rings (SSSR count). The van der Waals surface area contributed by atoms with Crippen molar-refractivity contribution in [2.75, 3.05) is 26.2 Å². The van der Waals surface area contributed by atoms with Crippen LogP contribution < -0.4 is 4.90 Å².